The van der Waals surface area contributed by atoms with E-state index in [1.54, 1.807) is 0 Å². The number of anilines is 1. The van der Waals surface area contributed by atoms with Crippen molar-refractivity contribution in [1.82, 2.24) is 0 Å². The predicted octanol–water partition coefficient (Wildman–Crippen LogP) is 2.54. The molecule has 0 radical (unpaired) electrons. The van der Waals surface area contributed by atoms with Gasteiger partial charge in [-0.15, -0.1) is 0 Å². The van der Waals surface area contributed by atoms with E-state index in [1.807, 2.05) is 24.3 Å². The molecular formula is C15H22N2O2. The van der Waals surface area contributed by atoms with Crippen molar-refractivity contribution < 1.29 is 9.53 Å². The smallest absolute Gasteiger partial charge is 0.226 e. The highest BCUT2D eigenvalue weighted by atomic mass is 16.5. The lowest BCUT2D eigenvalue weighted by atomic mass is 10.1. The summed E-state index contributed by atoms with van der Waals surface area (Å²) in [6.45, 7) is 2.70. The van der Waals surface area contributed by atoms with Gasteiger partial charge in [0.25, 0.3) is 0 Å². The quantitative estimate of drug-likeness (QED) is 0.793. The number of carbonyl (C=O) groups is 1. The molecule has 1 fully saturated rings. The molecule has 0 aromatic heterocycles. The molecule has 0 spiro atoms. The molecule has 104 valence electrons. The highest BCUT2D eigenvalue weighted by Gasteiger charge is 2.29. The number of ether oxygens (including phenoxy) is 1. The topological polar surface area (TPSA) is 64.3 Å². The van der Waals surface area contributed by atoms with E-state index in [0.717, 1.165) is 30.7 Å². The summed E-state index contributed by atoms with van der Waals surface area (Å²) < 4.78 is 5.61. The van der Waals surface area contributed by atoms with Gasteiger partial charge < -0.3 is 15.8 Å². The highest BCUT2D eigenvalue weighted by Crippen LogP contribution is 2.33. The van der Waals surface area contributed by atoms with Crippen LogP contribution in [0.2, 0.25) is 0 Å². The van der Waals surface area contributed by atoms with Crippen molar-refractivity contribution in [2.75, 3.05) is 11.9 Å². The van der Waals surface area contributed by atoms with Gasteiger partial charge in [-0.2, -0.15) is 0 Å². The lowest BCUT2D eigenvalue weighted by Gasteiger charge is -2.14. The summed E-state index contributed by atoms with van der Waals surface area (Å²) in [5.41, 5.74) is 6.69. The standard InChI is InChI=1S/C15H22N2O2/c1-2-9-19-14-6-4-3-5-13(14)17-15(18)10-12(16)11-7-8-11/h3-6,11-12H,2,7-10,16H2,1H3,(H,17,18). The van der Waals surface area contributed by atoms with Crippen LogP contribution >= 0.6 is 0 Å². The molecule has 1 aromatic carbocycles. The van der Waals surface area contributed by atoms with Gasteiger partial charge in [0.2, 0.25) is 5.91 Å². The van der Waals surface area contributed by atoms with Gasteiger partial charge in [-0.05, 0) is 37.3 Å². The summed E-state index contributed by atoms with van der Waals surface area (Å²) in [6, 6.07) is 7.49. The molecule has 1 atom stereocenters. The van der Waals surface area contributed by atoms with Crippen LogP contribution in [0, 0.1) is 5.92 Å². The molecule has 1 amide bonds. The van der Waals surface area contributed by atoms with Crippen molar-refractivity contribution in [2.45, 2.75) is 38.6 Å². The summed E-state index contributed by atoms with van der Waals surface area (Å²) in [5.74, 6) is 1.22. The van der Waals surface area contributed by atoms with Crippen molar-refractivity contribution in [1.29, 1.82) is 0 Å². The Kier molecular flexibility index (Phi) is 4.80. The molecule has 1 aromatic rings. The Hall–Kier alpha value is -1.55. The minimum Gasteiger partial charge on any atom is -0.491 e. The van der Waals surface area contributed by atoms with Crippen LogP contribution < -0.4 is 15.8 Å². The molecule has 1 unspecified atom stereocenters. The Balaban J connectivity index is 1.91. The van der Waals surface area contributed by atoms with Gasteiger partial charge >= 0.3 is 0 Å². The summed E-state index contributed by atoms with van der Waals surface area (Å²) in [4.78, 5) is 11.9. The van der Waals surface area contributed by atoms with E-state index in [2.05, 4.69) is 12.2 Å². The number of para-hydroxylation sites is 2. The fourth-order valence-corrected chi connectivity index (χ4v) is 2.01. The van der Waals surface area contributed by atoms with E-state index in [0.29, 0.717) is 18.9 Å². The molecule has 1 saturated carbocycles. The van der Waals surface area contributed by atoms with Crippen LogP contribution in [0.5, 0.6) is 5.75 Å². The molecule has 4 heteroatoms. The maximum Gasteiger partial charge on any atom is 0.226 e. The minimum atomic E-state index is -0.0352. The van der Waals surface area contributed by atoms with Crippen LogP contribution in [0.25, 0.3) is 0 Å². The number of nitrogens with one attached hydrogen (secondary N) is 1. The zero-order valence-corrected chi connectivity index (χ0v) is 11.4. The van der Waals surface area contributed by atoms with Crippen molar-refractivity contribution >= 4 is 11.6 Å². The third kappa shape index (κ3) is 4.24. The average Bonchev–Trinajstić information content (AvgIpc) is 3.22. The SMILES string of the molecule is CCCOc1ccccc1NC(=O)CC(N)C1CC1. The molecule has 1 aliphatic rings. The number of nitrogens with two attached hydrogens (primary N) is 1. The molecule has 0 heterocycles. The Morgan fingerprint density at radius 2 is 2.21 bits per heavy atom. The normalized spacial score (nSPS) is 15.9. The van der Waals surface area contributed by atoms with Crippen molar-refractivity contribution in [2.24, 2.45) is 11.7 Å². The molecule has 0 bridgehead atoms. The van der Waals surface area contributed by atoms with Gasteiger partial charge in [0.1, 0.15) is 5.75 Å². The number of rotatable bonds is 7. The first kappa shape index (κ1) is 13.9. The molecule has 0 saturated heterocycles. The van der Waals surface area contributed by atoms with E-state index in [4.69, 9.17) is 10.5 Å². The Morgan fingerprint density at radius 1 is 1.47 bits per heavy atom. The minimum absolute atomic E-state index is 0.0104. The second-order valence-corrected chi connectivity index (χ2v) is 5.10. The highest BCUT2D eigenvalue weighted by molar-refractivity contribution is 5.92. The maximum absolute atomic E-state index is 11.9. The van der Waals surface area contributed by atoms with E-state index in [-0.39, 0.29) is 11.9 Å². The average molecular weight is 262 g/mol. The Labute approximate surface area is 114 Å². The van der Waals surface area contributed by atoms with Crippen LogP contribution in [0.1, 0.15) is 32.6 Å². The van der Waals surface area contributed by atoms with Crippen molar-refractivity contribution in [3.63, 3.8) is 0 Å². The first-order valence-electron chi connectivity index (χ1n) is 6.98. The third-order valence-corrected chi connectivity index (χ3v) is 3.27. The van der Waals surface area contributed by atoms with Gasteiger partial charge in [-0.25, -0.2) is 0 Å². The maximum atomic E-state index is 11.9. The van der Waals surface area contributed by atoms with Crippen molar-refractivity contribution in [3.8, 4) is 5.75 Å². The fourth-order valence-electron chi connectivity index (χ4n) is 2.01. The first-order chi connectivity index (χ1) is 9.20. The van der Waals surface area contributed by atoms with Crippen LogP contribution in [-0.4, -0.2) is 18.6 Å². The van der Waals surface area contributed by atoms with Crippen molar-refractivity contribution in [3.05, 3.63) is 24.3 Å². The van der Waals surface area contributed by atoms with Gasteiger partial charge in [-0.1, -0.05) is 19.1 Å². The van der Waals surface area contributed by atoms with Crippen LogP contribution in [0.15, 0.2) is 24.3 Å². The monoisotopic (exact) mass is 262 g/mol. The van der Waals surface area contributed by atoms with Crippen LogP contribution in [0.4, 0.5) is 5.69 Å². The molecule has 4 nitrogen and oxygen atoms in total. The largest absolute Gasteiger partial charge is 0.491 e. The molecule has 19 heavy (non-hydrogen) atoms. The number of benzene rings is 1. The van der Waals surface area contributed by atoms with E-state index >= 15 is 0 Å². The van der Waals surface area contributed by atoms with E-state index in [9.17, 15) is 4.79 Å². The third-order valence-electron chi connectivity index (χ3n) is 3.27. The molecule has 1 aliphatic carbocycles. The number of hydrogen-bond acceptors (Lipinski definition) is 3. The zero-order chi connectivity index (χ0) is 13.7. The summed E-state index contributed by atoms with van der Waals surface area (Å²) in [7, 11) is 0. The lowest BCUT2D eigenvalue weighted by Crippen LogP contribution is -2.28. The van der Waals surface area contributed by atoms with E-state index < -0.39 is 0 Å². The molecule has 3 N–H and O–H groups in total. The lowest BCUT2D eigenvalue weighted by molar-refractivity contribution is -0.116. The van der Waals surface area contributed by atoms with Gasteiger partial charge in [0, 0.05) is 12.5 Å². The second kappa shape index (κ2) is 6.57. The van der Waals surface area contributed by atoms with Gasteiger partial charge in [0.05, 0.1) is 12.3 Å². The Morgan fingerprint density at radius 3 is 2.89 bits per heavy atom. The fraction of sp³-hybridized carbons (Fsp3) is 0.533. The van der Waals surface area contributed by atoms with Crippen LogP contribution in [-0.2, 0) is 4.79 Å². The summed E-state index contributed by atoms with van der Waals surface area (Å²) >= 11 is 0. The molecular weight excluding hydrogens is 240 g/mol. The molecule has 0 aliphatic heterocycles. The number of amides is 1. The van der Waals surface area contributed by atoms with E-state index in [1.165, 1.54) is 0 Å². The zero-order valence-electron chi connectivity index (χ0n) is 11.4. The van der Waals surface area contributed by atoms with Gasteiger partial charge in [0.15, 0.2) is 0 Å². The molecule has 2 rings (SSSR count). The first-order valence-corrected chi connectivity index (χ1v) is 6.98. The number of carbonyl (C=O) groups excluding carboxylic acids is 1. The number of hydrogen-bond donors (Lipinski definition) is 2. The summed E-state index contributed by atoms with van der Waals surface area (Å²) in [5, 5.41) is 2.89. The second-order valence-electron chi connectivity index (χ2n) is 5.10. The van der Waals surface area contributed by atoms with Crippen LogP contribution in [0.3, 0.4) is 0 Å². The Bertz CT molecular complexity index is 430. The predicted molar refractivity (Wildman–Crippen MR) is 76.2 cm³/mol. The van der Waals surface area contributed by atoms with Gasteiger partial charge in [-0.3, -0.25) is 4.79 Å². The summed E-state index contributed by atoms with van der Waals surface area (Å²) in [6.07, 6.45) is 3.64.